The molecule has 17 heavy (non-hydrogen) atoms. The van der Waals surface area contributed by atoms with Crippen molar-refractivity contribution in [3.63, 3.8) is 0 Å². The lowest BCUT2D eigenvalue weighted by Crippen LogP contribution is -2.34. The predicted octanol–water partition coefficient (Wildman–Crippen LogP) is 3.52. The number of nitrogens with zero attached hydrogens (tertiary/aromatic N) is 1. The van der Waals surface area contributed by atoms with E-state index in [2.05, 4.69) is 24.3 Å². The van der Waals surface area contributed by atoms with Crippen molar-refractivity contribution >= 4 is 0 Å². The first-order valence-corrected chi connectivity index (χ1v) is 6.82. The smallest absolute Gasteiger partial charge is 0.138 e. The van der Waals surface area contributed by atoms with E-state index in [-0.39, 0.29) is 0 Å². The predicted molar refractivity (Wildman–Crippen MR) is 68.9 cm³/mol. The molecule has 1 N–H and O–H groups in total. The second-order valence-corrected chi connectivity index (χ2v) is 5.33. The molecular weight excluding hydrogens is 212 g/mol. The van der Waals surface area contributed by atoms with Crippen LogP contribution in [0.5, 0.6) is 0 Å². The number of aromatic nitrogens is 1. The summed E-state index contributed by atoms with van der Waals surface area (Å²) in [6, 6.07) is 1.02. The molecule has 1 aromatic heterocycles. The van der Waals surface area contributed by atoms with Gasteiger partial charge in [0.1, 0.15) is 5.76 Å². The molecule has 1 fully saturated rings. The molecule has 3 unspecified atom stereocenters. The first-order chi connectivity index (χ1) is 8.13. The van der Waals surface area contributed by atoms with Crippen LogP contribution in [0, 0.1) is 19.8 Å². The van der Waals surface area contributed by atoms with Gasteiger partial charge < -0.3 is 9.84 Å². The van der Waals surface area contributed by atoms with Gasteiger partial charge in [0.15, 0.2) is 0 Å². The molecule has 3 heteroatoms. The van der Waals surface area contributed by atoms with Crippen LogP contribution >= 0.6 is 0 Å². The van der Waals surface area contributed by atoms with Gasteiger partial charge in [0.2, 0.25) is 0 Å². The molecule has 3 atom stereocenters. The molecule has 3 nitrogen and oxygen atoms in total. The molecule has 1 saturated carbocycles. The van der Waals surface area contributed by atoms with Crippen molar-refractivity contribution in [3.8, 4) is 0 Å². The molecule has 0 spiro atoms. The highest BCUT2D eigenvalue weighted by atomic mass is 16.5. The Morgan fingerprint density at radius 2 is 2.18 bits per heavy atom. The Hall–Kier alpha value is -0.830. The van der Waals surface area contributed by atoms with E-state index in [0.717, 1.165) is 17.4 Å². The van der Waals surface area contributed by atoms with Crippen molar-refractivity contribution in [3.05, 3.63) is 17.0 Å². The molecule has 0 aromatic carbocycles. The standard InChI is InChI=1S/C14H24N2O/c1-5-12-7-6-8-13(12)15-9(2)14-10(3)16-17-11(14)4/h9,12-13,15H,5-8H2,1-4H3. The molecule has 0 radical (unpaired) electrons. The third kappa shape index (κ3) is 2.54. The lowest BCUT2D eigenvalue weighted by molar-refractivity contribution is 0.355. The van der Waals surface area contributed by atoms with E-state index >= 15 is 0 Å². The molecule has 0 bridgehead atoms. The van der Waals surface area contributed by atoms with Gasteiger partial charge in [-0.3, -0.25) is 0 Å². The first-order valence-electron chi connectivity index (χ1n) is 6.82. The Bertz CT molecular complexity index is 353. The van der Waals surface area contributed by atoms with Crippen LogP contribution in [0.1, 0.15) is 62.6 Å². The highest BCUT2D eigenvalue weighted by Crippen LogP contribution is 2.31. The van der Waals surface area contributed by atoms with Gasteiger partial charge in [-0.1, -0.05) is 24.9 Å². The number of rotatable bonds is 4. The van der Waals surface area contributed by atoms with E-state index in [1.807, 2.05) is 13.8 Å². The molecule has 1 aliphatic rings. The summed E-state index contributed by atoms with van der Waals surface area (Å²) in [6.45, 7) is 8.54. The summed E-state index contributed by atoms with van der Waals surface area (Å²) >= 11 is 0. The van der Waals surface area contributed by atoms with Crippen LogP contribution in [0.3, 0.4) is 0 Å². The summed E-state index contributed by atoms with van der Waals surface area (Å²) in [5.41, 5.74) is 2.26. The van der Waals surface area contributed by atoms with Crippen LogP contribution in [0.2, 0.25) is 0 Å². The van der Waals surface area contributed by atoms with Gasteiger partial charge in [-0.25, -0.2) is 0 Å². The van der Waals surface area contributed by atoms with Crippen LogP contribution in [0.25, 0.3) is 0 Å². The molecule has 1 aromatic rings. The van der Waals surface area contributed by atoms with E-state index < -0.39 is 0 Å². The van der Waals surface area contributed by atoms with Gasteiger partial charge in [0.25, 0.3) is 0 Å². The van der Waals surface area contributed by atoms with Crippen molar-refractivity contribution in [2.75, 3.05) is 0 Å². The van der Waals surface area contributed by atoms with Crippen LogP contribution < -0.4 is 5.32 Å². The van der Waals surface area contributed by atoms with Crippen LogP contribution in [-0.4, -0.2) is 11.2 Å². The molecule has 96 valence electrons. The minimum Gasteiger partial charge on any atom is -0.361 e. The van der Waals surface area contributed by atoms with E-state index in [0.29, 0.717) is 12.1 Å². The molecule has 1 aliphatic carbocycles. The molecule has 0 saturated heterocycles. The van der Waals surface area contributed by atoms with Crippen LogP contribution in [0.15, 0.2) is 4.52 Å². The minimum atomic E-state index is 0.346. The summed E-state index contributed by atoms with van der Waals surface area (Å²) in [4.78, 5) is 0. The largest absolute Gasteiger partial charge is 0.361 e. The van der Waals surface area contributed by atoms with Crippen LogP contribution in [-0.2, 0) is 0 Å². The van der Waals surface area contributed by atoms with Gasteiger partial charge >= 0.3 is 0 Å². The summed E-state index contributed by atoms with van der Waals surface area (Å²) < 4.78 is 5.24. The summed E-state index contributed by atoms with van der Waals surface area (Å²) in [6.07, 6.45) is 5.34. The third-order valence-corrected chi connectivity index (χ3v) is 4.17. The zero-order valence-corrected chi connectivity index (χ0v) is 11.4. The number of aryl methyl sites for hydroxylation is 2. The Labute approximate surface area is 104 Å². The van der Waals surface area contributed by atoms with Gasteiger partial charge in [-0.15, -0.1) is 0 Å². The highest BCUT2D eigenvalue weighted by molar-refractivity contribution is 5.24. The van der Waals surface area contributed by atoms with Crippen molar-refractivity contribution < 1.29 is 4.52 Å². The molecule has 0 amide bonds. The van der Waals surface area contributed by atoms with E-state index in [1.54, 1.807) is 0 Å². The molecule has 2 rings (SSSR count). The van der Waals surface area contributed by atoms with E-state index in [9.17, 15) is 0 Å². The zero-order valence-electron chi connectivity index (χ0n) is 11.4. The maximum absolute atomic E-state index is 5.24. The van der Waals surface area contributed by atoms with Crippen LogP contribution in [0.4, 0.5) is 0 Å². The maximum Gasteiger partial charge on any atom is 0.138 e. The van der Waals surface area contributed by atoms with Gasteiger partial charge in [-0.05, 0) is 39.5 Å². The average Bonchev–Trinajstić information content (AvgIpc) is 2.85. The fraction of sp³-hybridized carbons (Fsp3) is 0.786. The second-order valence-electron chi connectivity index (χ2n) is 5.33. The quantitative estimate of drug-likeness (QED) is 0.869. The SMILES string of the molecule is CCC1CCCC1NC(C)c1c(C)noc1C. The van der Waals surface area contributed by atoms with E-state index in [4.69, 9.17) is 4.52 Å². The Morgan fingerprint density at radius 3 is 2.76 bits per heavy atom. The van der Waals surface area contributed by atoms with Gasteiger partial charge in [0.05, 0.1) is 5.69 Å². The van der Waals surface area contributed by atoms with Gasteiger partial charge in [0, 0.05) is 17.6 Å². The topological polar surface area (TPSA) is 38.1 Å². The number of hydrogen-bond donors (Lipinski definition) is 1. The van der Waals surface area contributed by atoms with Crippen molar-refractivity contribution in [2.45, 2.75) is 65.5 Å². The van der Waals surface area contributed by atoms with Crippen molar-refractivity contribution in [1.29, 1.82) is 0 Å². The highest BCUT2D eigenvalue weighted by Gasteiger charge is 2.28. The minimum absolute atomic E-state index is 0.346. The number of nitrogens with one attached hydrogen (secondary N) is 1. The monoisotopic (exact) mass is 236 g/mol. The first kappa shape index (κ1) is 12.6. The summed E-state index contributed by atoms with van der Waals surface area (Å²) in [5, 5.41) is 7.80. The molecule has 1 heterocycles. The Kier molecular flexibility index (Phi) is 3.87. The third-order valence-electron chi connectivity index (χ3n) is 4.17. The van der Waals surface area contributed by atoms with Gasteiger partial charge in [-0.2, -0.15) is 0 Å². The lowest BCUT2D eigenvalue weighted by Gasteiger charge is -2.24. The average molecular weight is 236 g/mol. The second kappa shape index (κ2) is 5.21. The fourth-order valence-electron chi connectivity index (χ4n) is 3.26. The normalized spacial score (nSPS) is 26.4. The zero-order chi connectivity index (χ0) is 12.4. The summed E-state index contributed by atoms with van der Waals surface area (Å²) in [5.74, 6) is 1.80. The molecule has 0 aliphatic heterocycles. The van der Waals surface area contributed by atoms with Crippen molar-refractivity contribution in [2.24, 2.45) is 5.92 Å². The molecular formula is C14H24N2O. The maximum atomic E-state index is 5.24. The van der Waals surface area contributed by atoms with E-state index in [1.165, 1.54) is 31.2 Å². The summed E-state index contributed by atoms with van der Waals surface area (Å²) in [7, 11) is 0. The van der Waals surface area contributed by atoms with Crippen molar-refractivity contribution in [1.82, 2.24) is 10.5 Å². The fourth-order valence-corrected chi connectivity index (χ4v) is 3.26. The Balaban J connectivity index is 2.04. The number of hydrogen-bond acceptors (Lipinski definition) is 3. The lowest BCUT2D eigenvalue weighted by atomic mass is 9.98. The Morgan fingerprint density at radius 1 is 1.41 bits per heavy atom.